The molecule has 0 saturated carbocycles. The van der Waals surface area contributed by atoms with Gasteiger partial charge in [-0.15, -0.1) is 0 Å². The van der Waals surface area contributed by atoms with Crippen LogP contribution in [0.3, 0.4) is 0 Å². The number of aliphatic hydroxyl groups is 1. The van der Waals surface area contributed by atoms with E-state index in [1.807, 2.05) is 13.0 Å². The third-order valence-electron chi connectivity index (χ3n) is 6.44. The van der Waals surface area contributed by atoms with Gasteiger partial charge >= 0.3 is 7.82 Å². The lowest BCUT2D eigenvalue weighted by Gasteiger charge is -2.34. The third kappa shape index (κ3) is 8.38. The molecule has 0 radical (unpaired) electrons. The number of hydrogen-bond donors (Lipinski definition) is 2. The second-order valence-corrected chi connectivity index (χ2v) is 14.0. The molecule has 1 rings (SSSR count). The number of unbranched alkanes of at least 4 members (excludes halogenated alkanes) is 1. The number of rotatable bonds is 10. The average molecular weight is 485 g/mol. The molecule has 0 amide bonds. The second-order valence-electron chi connectivity index (χ2n) is 12.6. The maximum atomic E-state index is 13.1. The number of aliphatic hydroxyl groups excluding tert-OH is 1. The molecular formula is C27H49O5P. The summed E-state index contributed by atoms with van der Waals surface area (Å²) in [5.74, 6) is 0.380. The van der Waals surface area contributed by atoms with E-state index in [0.29, 0.717) is 12.2 Å². The topological polar surface area (TPSA) is 76.0 Å². The van der Waals surface area contributed by atoms with Crippen LogP contribution in [0.1, 0.15) is 119 Å². The first kappa shape index (κ1) is 30.2. The molecule has 0 aromatic heterocycles. The van der Waals surface area contributed by atoms with E-state index in [4.69, 9.17) is 9.05 Å². The molecule has 0 heterocycles. The Hall–Kier alpha value is -0.870. The zero-order chi connectivity index (χ0) is 25.9. The molecule has 192 valence electrons. The minimum atomic E-state index is -4.40. The summed E-state index contributed by atoms with van der Waals surface area (Å²) in [7, 11) is -4.40. The van der Waals surface area contributed by atoms with Crippen molar-refractivity contribution >= 4 is 7.82 Å². The molecule has 2 N–H and O–H groups in total. The van der Waals surface area contributed by atoms with E-state index in [-0.39, 0.29) is 29.5 Å². The maximum Gasteiger partial charge on any atom is 0.527 e. The fraction of sp³-hybridized carbons (Fsp3) is 0.778. The predicted octanol–water partition coefficient (Wildman–Crippen LogP) is 7.65. The van der Waals surface area contributed by atoms with Crippen LogP contribution in [0.25, 0.3) is 0 Å². The van der Waals surface area contributed by atoms with Crippen LogP contribution in [-0.4, -0.2) is 23.2 Å². The van der Waals surface area contributed by atoms with Gasteiger partial charge in [0.05, 0.1) is 13.2 Å². The van der Waals surface area contributed by atoms with Gasteiger partial charge in [0, 0.05) is 11.0 Å². The Kier molecular flexibility index (Phi) is 9.88. The molecule has 0 aliphatic rings. The van der Waals surface area contributed by atoms with E-state index in [1.165, 1.54) is 5.56 Å². The molecule has 0 aliphatic heterocycles. The lowest BCUT2D eigenvalue weighted by atomic mass is 9.72. The van der Waals surface area contributed by atoms with Gasteiger partial charge in [0.25, 0.3) is 0 Å². The van der Waals surface area contributed by atoms with Crippen molar-refractivity contribution in [2.24, 2.45) is 5.41 Å². The van der Waals surface area contributed by atoms with Crippen molar-refractivity contribution in [2.45, 2.75) is 118 Å². The number of phosphoric ester groups is 1. The molecule has 1 aromatic rings. The highest BCUT2D eigenvalue weighted by Crippen LogP contribution is 2.50. The molecule has 2 atom stereocenters. The standard InChI is InChI=1S/C27H49O5P/c1-12-14-15-27(13-2,18-28)19-31-33(29,30)32-23-17-21(25(6,7)8)20(24(3,4)5)16-22(23)26(9,10)11/h16-17,28H,12-15,18-19H2,1-11H3,(H,29,30). The second kappa shape index (κ2) is 10.8. The maximum absolute atomic E-state index is 13.1. The van der Waals surface area contributed by atoms with Gasteiger partial charge in [0.1, 0.15) is 5.75 Å². The third-order valence-corrected chi connectivity index (χ3v) is 7.32. The summed E-state index contributed by atoms with van der Waals surface area (Å²) in [4.78, 5) is 10.7. The van der Waals surface area contributed by atoms with E-state index < -0.39 is 13.2 Å². The van der Waals surface area contributed by atoms with Crippen molar-refractivity contribution in [3.8, 4) is 5.75 Å². The summed E-state index contributed by atoms with van der Waals surface area (Å²) >= 11 is 0. The lowest BCUT2D eigenvalue weighted by molar-refractivity contribution is 0.0399. The van der Waals surface area contributed by atoms with Crippen LogP contribution in [0.15, 0.2) is 12.1 Å². The van der Waals surface area contributed by atoms with Crippen LogP contribution in [0, 0.1) is 5.41 Å². The molecule has 5 nitrogen and oxygen atoms in total. The minimum absolute atomic E-state index is 0.0230. The Morgan fingerprint density at radius 1 is 0.848 bits per heavy atom. The number of benzene rings is 1. The molecule has 0 aliphatic carbocycles. The van der Waals surface area contributed by atoms with Crippen LogP contribution >= 0.6 is 7.82 Å². The van der Waals surface area contributed by atoms with E-state index in [0.717, 1.165) is 30.4 Å². The lowest BCUT2D eigenvalue weighted by Crippen LogP contribution is -2.30. The molecular weight excluding hydrogens is 435 g/mol. The predicted molar refractivity (Wildman–Crippen MR) is 138 cm³/mol. The average Bonchev–Trinajstić information content (AvgIpc) is 2.65. The van der Waals surface area contributed by atoms with E-state index in [9.17, 15) is 14.6 Å². The fourth-order valence-corrected chi connectivity index (χ4v) is 4.88. The summed E-state index contributed by atoms with van der Waals surface area (Å²) < 4.78 is 24.3. The van der Waals surface area contributed by atoms with Crippen molar-refractivity contribution in [1.29, 1.82) is 0 Å². The van der Waals surface area contributed by atoms with Crippen LogP contribution < -0.4 is 4.52 Å². The first-order valence-corrected chi connectivity index (χ1v) is 13.8. The monoisotopic (exact) mass is 484 g/mol. The van der Waals surface area contributed by atoms with Gasteiger partial charge in [-0.05, 0) is 46.3 Å². The van der Waals surface area contributed by atoms with Gasteiger partial charge in [-0.3, -0.25) is 9.42 Å². The van der Waals surface area contributed by atoms with Crippen molar-refractivity contribution < 1.29 is 23.6 Å². The van der Waals surface area contributed by atoms with Crippen LogP contribution in [-0.2, 0) is 25.3 Å². The van der Waals surface area contributed by atoms with Gasteiger partial charge in [0.2, 0.25) is 0 Å². The van der Waals surface area contributed by atoms with Crippen molar-refractivity contribution in [2.75, 3.05) is 13.2 Å². The molecule has 6 heteroatoms. The smallest absolute Gasteiger partial charge is 0.404 e. The first-order valence-electron chi connectivity index (χ1n) is 12.3. The van der Waals surface area contributed by atoms with Crippen molar-refractivity contribution in [1.82, 2.24) is 0 Å². The molecule has 0 bridgehead atoms. The Labute approximate surface area is 202 Å². The van der Waals surface area contributed by atoms with E-state index >= 15 is 0 Å². The normalized spacial score (nSPS) is 16.9. The highest BCUT2D eigenvalue weighted by molar-refractivity contribution is 7.47. The molecule has 0 spiro atoms. The summed E-state index contributed by atoms with van der Waals surface area (Å²) in [6.45, 7) is 23.1. The van der Waals surface area contributed by atoms with Gasteiger partial charge < -0.3 is 9.63 Å². The van der Waals surface area contributed by atoms with Gasteiger partial charge in [-0.1, -0.05) is 95.1 Å². The Morgan fingerprint density at radius 3 is 1.73 bits per heavy atom. The van der Waals surface area contributed by atoms with Gasteiger partial charge in [-0.2, -0.15) is 0 Å². The Bertz CT molecular complexity index is 821. The zero-order valence-corrected chi connectivity index (χ0v) is 23.9. The molecule has 0 fully saturated rings. The summed E-state index contributed by atoms with van der Waals surface area (Å²) in [5.41, 5.74) is 2.04. The Balaban J connectivity index is 3.45. The highest BCUT2D eigenvalue weighted by atomic mass is 31.2. The zero-order valence-electron chi connectivity index (χ0n) is 23.0. The summed E-state index contributed by atoms with van der Waals surface area (Å²) in [6, 6.07) is 4.05. The quantitative estimate of drug-likeness (QED) is 0.334. The van der Waals surface area contributed by atoms with Crippen LogP contribution in [0.2, 0.25) is 0 Å². The molecule has 1 aromatic carbocycles. The van der Waals surface area contributed by atoms with Gasteiger partial charge in [-0.25, -0.2) is 4.57 Å². The van der Waals surface area contributed by atoms with E-state index in [1.54, 1.807) is 0 Å². The SMILES string of the molecule is CCCCC(CC)(CO)COP(=O)(O)Oc1cc(C(C)(C)C)c(C(C)(C)C)cc1C(C)(C)C. The fourth-order valence-electron chi connectivity index (χ4n) is 3.99. The minimum Gasteiger partial charge on any atom is -0.404 e. The van der Waals surface area contributed by atoms with Crippen molar-refractivity contribution in [3.63, 3.8) is 0 Å². The molecule has 0 saturated heterocycles. The molecule has 33 heavy (non-hydrogen) atoms. The first-order chi connectivity index (χ1) is 14.8. The van der Waals surface area contributed by atoms with Crippen LogP contribution in [0.5, 0.6) is 5.75 Å². The summed E-state index contributed by atoms with van der Waals surface area (Å²) in [6.07, 6.45) is 3.30. The summed E-state index contributed by atoms with van der Waals surface area (Å²) in [5, 5.41) is 9.98. The van der Waals surface area contributed by atoms with Gasteiger partial charge in [0.15, 0.2) is 0 Å². The van der Waals surface area contributed by atoms with Crippen molar-refractivity contribution in [3.05, 3.63) is 28.8 Å². The number of phosphoric acid groups is 1. The highest BCUT2D eigenvalue weighted by Gasteiger charge is 2.36. The van der Waals surface area contributed by atoms with Crippen LogP contribution in [0.4, 0.5) is 0 Å². The largest absolute Gasteiger partial charge is 0.527 e. The Morgan fingerprint density at radius 2 is 1.33 bits per heavy atom. The molecule has 2 unspecified atom stereocenters. The number of hydrogen-bond acceptors (Lipinski definition) is 4. The van der Waals surface area contributed by atoms with E-state index in [2.05, 4.69) is 75.3 Å².